The second kappa shape index (κ2) is 12.0. The van der Waals surface area contributed by atoms with Gasteiger partial charge in [-0.3, -0.25) is 4.79 Å². The predicted octanol–water partition coefficient (Wildman–Crippen LogP) is 3.93. The number of nitrogens with zero attached hydrogens (tertiary/aromatic N) is 5. The highest BCUT2D eigenvalue weighted by molar-refractivity contribution is 7.89. The molecule has 1 unspecified atom stereocenters. The third-order valence-electron chi connectivity index (χ3n) is 5.57. The Balaban J connectivity index is 1.95. The number of carbonyl (C=O) groups excluding carboxylic acids is 1. The summed E-state index contributed by atoms with van der Waals surface area (Å²) in [7, 11) is 0.996. The number of amidine groups is 1. The highest BCUT2D eigenvalue weighted by Gasteiger charge is 2.29. The summed E-state index contributed by atoms with van der Waals surface area (Å²) in [6.07, 6.45) is 3.59. The lowest BCUT2D eigenvalue weighted by molar-refractivity contribution is -0.115. The molecule has 0 saturated carbocycles. The van der Waals surface area contributed by atoms with Crippen LogP contribution in [0.5, 0.6) is 5.75 Å². The number of rotatable bonds is 9. The van der Waals surface area contributed by atoms with E-state index in [1.165, 1.54) is 26.3 Å². The number of sulfonamides is 1. The number of anilines is 2. The first kappa shape index (κ1) is 29.2. The molecule has 0 aliphatic carbocycles. The molecule has 0 bridgehead atoms. The molecule has 38 heavy (non-hydrogen) atoms. The van der Waals surface area contributed by atoms with Crippen molar-refractivity contribution in [1.82, 2.24) is 4.90 Å². The first-order chi connectivity index (χ1) is 17.8. The van der Waals surface area contributed by atoms with Crippen molar-refractivity contribution in [2.24, 2.45) is 9.50 Å². The standard InChI is InChI=1S/C25H30F2N5O4PS/c1-5-30(2)23(29-38(4,34)35)18-8-10-19(11-9-18)31-16-6-7-22(24(31)33)32(28-17-25(26,27)37)20-12-14-21(36-3)15-13-20/h7-15,17H,5-6,16,37H2,1-4H3/b28-17+,29-23+. The molecule has 1 amide bonds. The smallest absolute Gasteiger partial charge is 0.295 e. The van der Waals surface area contributed by atoms with E-state index in [-0.39, 0.29) is 11.5 Å². The van der Waals surface area contributed by atoms with Gasteiger partial charge in [0.15, 0.2) is 0 Å². The third kappa shape index (κ3) is 7.58. The topological polar surface area (TPSA) is 94.9 Å². The molecule has 0 spiro atoms. The number of hydrogen-bond donors (Lipinski definition) is 0. The van der Waals surface area contributed by atoms with E-state index in [4.69, 9.17) is 4.74 Å². The summed E-state index contributed by atoms with van der Waals surface area (Å²) < 4.78 is 59.9. The monoisotopic (exact) mass is 565 g/mol. The fourth-order valence-corrected chi connectivity index (χ4v) is 4.27. The van der Waals surface area contributed by atoms with Gasteiger partial charge < -0.3 is 14.5 Å². The van der Waals surface area contributed by atoms with Crippen LogP contribution in [0.1, 0.15) is 18.9 Å². The van der Waals surface area contributed by atoms with Gasteiger partial charge in [-0.25, -0.2) is 13.4 Å². The van der Waals surface area contributed by atoms with Crippen LogP contribution in [-0.4, -0.2) is 70.4 Å². The lowest BCUT2D eigenvalue weighted by Crippen LogP contribution is -2.40. The normalized spacial score (nSPS) is 15.0. The Morgan fingerprint density at radius 3 is 2.34 bits per heavy atom. The van der Waals surface area contributed by atoms with Gasteiger partial charge in [-0.1, -0.05) is 15.3 Å². The molecule has 0 N–H and O–H groups in total. The Hall–Kier alpha value is -3.37. The molecule has 1 atom stereocenters. The summed E-state index contributed by atoms with van der Waals surface area (Å²) in [6.45, 7) is 2.77. The number of hydrogen-bond acceptors (Lipinski definition) is 6. The number of halogens is 2. The summed E-state index contributed by atoms with van der Waals surface area (Å²) >= 11 is 0. The quantitative estimate of drug-likeness (QED) is 0.198. The van der Waals surface area contributed by atoms with Gasteiger partial charge in [0.2, 0.25) is 0 Å². The number of carbonyl (C=O) groups is 1. The molecule has 9 nitrogen and oxygen atoms in total. The van der Waals surface area contributed by atoms with Crippen LogP contribution >= 0.6 is 9.24 Å². The van der Waals surface area contributed by atoms with E-state index in [1.54, 1.807) is 66.6 Å². The molecule has 0 aromatic heterocycles. The van der Waals surface area contributed by atoms with Crippen molar-refractivity contribution >= 4 is 48.6 Å². The van der Waals surface area contributed by atoms with Gasteiger partial charge in [0.1, 0.15) is 17.3 Å². The molecule has 2 aromatic rings. The van der Waals surface area contributed by atoms with E-state index in [9.17, 15) is 22.0 Å². The maximum absolute atomic E-state index is 13.6. The lowest BCUT2D eigenvalue weighted by atomic mass is 10.1. The van der Waals surface area contributed by atoms with Gasteiger partial charge in [0.25, 0.3) is 21.6 Å². The second-order valence-corrected chi connectivity index (χ2v) is 10.9. The van der Waals surface area contributed by atoms with Crippen LogP contribution in [0.25, 0.3) is 0 Å². The molecule has 1 aliphatic heterocycles. The summed E-state index contributed by atoms with van der Waals surface area (Å²) in [5.74, 6) is 0.414. The Kier molecular flexibility index (Phi) is 9.22. The summed E-state index contributed by atoms with van der Waals surface area (Å²) in [6, 6.07) is 13.3. The maximum atomic E-state index is 13.6. The zero-order valence-corrected chi connectivity index (χ0v) is 23.5. The van der Waals surface area contributed by atoms with E-state index >= 15 is 0 Å². The van der Waals surface area contributed by atoms with E-state index in [0.29, 0.717) is 48.4 Å². The van der Waals surface area contributed by atoms with Crippen molar-refractivity contribution in [2.75, 3.05) is 43.4 Å². The van der Waals surface area contributed by atoms with Crippen molar-refractivity contribution in [2.45, 2.75) is 19.0 Å². The van der Waals surface area contributed by atoms with Crippen LogP contribution in [0.15, 0.2) is 69.8 Å². The minimum atomic E-state index is -3.64. The lowest BCUT2D eigenvalue weighted by Gasteiger charge is -2.31. The molecule has 2 aromatic carbocycles. The van der Waals surface area contributed by atoms with Crippen molar-refractivity contribution < 1.29 is 26.7 Å². The minimum Gasteiger partial charge on any atom is -0.497 e. The number of benzene rings is 2. The van der Waals surface area contributed by atoms with Crippen LogP contribution < -0.4 is 14.6 Å². The Morgan fingerprint density at radius 2 is 1.82 bits per heavy atom. The Labute approximate surface area is 223 Å². The fraction of sp³-hybridized carbons (Fsp3) is 0.320. The molecule has 1 heterocycles. The van der Waals surface area contributed by atoms with Crippen LogP contribution in [0.4, 0.5) is 20.2 Å². The molecule has 0 saturated heterocycles. The first-order valence-electron chi connectivity index (χ1n) is 11.6. The fourth-order valence-electron chi connectivity index (χ4n) is 3.65. The largest absolute Gasteiger partial charge is 0.497 e. The van der Waals surface area contributed by atoms with Crippen LogP contribution in [0.3, 0.4) is 0 Å². The van der Waals surface area contributed by atoms with Gasteiger partial charge in [-0.2, -0.15) is 13.9 Å². The molecule has 1 aliphatic rings. The number of ether oxygens (including phenoxy) is 1. The highest BCUT2D eigenvalue weighted by Crippen LogP contribution is 2.30. The van der Waals surface area contributed by atoms with E-state index in [0.717, 1.165) is 6.26 Å². The van der Waals surface area contributed by atoms with E-state index < -0.39 is 21.6 Å². The first-order valence-corrected chi connectivity index (χ1v) is 14.0. The molecule has 204 valence electrons. The molecule has 0 fully saturated rings. The molecule has 3 rings (SSSR count). The average molecular weight is 566 g/mol. The molecular weight excluding hydrogens is 535 g/mol. The minimum absolute atomic E-state index is 0.112. The van der Waals surface area contributed by atoms with Crippen LogP contribution in [0.2, 0.25) is 0 Å². The maximum Gasteiger partial charge on any atom is 0.295 e. The van der Waals surface area contributed by atoms with E-state index in [2.05, 4.69) is 9.50 Å². The highest BCUT2D eigenvalue weighted by atomic mass is 32.2. The summed E-state index contributed by atoms with van der Waals surface area (Å²) in [5.41, 5.74) is -1.64. The van der Waals surface area contributed by atoms with Gasteiger partial charge in [0.05, 0.1) is 25.3 Å². The number of methoxy groups -OCH3 is 1. The Bertz CT molecular complexity index is 1340. The summed E-state index contributed by atoms with van der Waals surface area (Å²) in [4.78, 5) is 16.8. The Morgan fingerprint density at radius 1 is 1.18 bits per heavy atom. The van der Waals surface area contributed by atoms with Crippen molar-refractivity contribution in [3.05, 3.63) is 65.9 Å². The molecule has 0 radical (unpaired) electrons. The van der Waals surface area contributed by atoms with Crippen molar-refractivity contribution in [1.29, 1.82) is 0 Å². The van der Waals surface area contributed by atoms with Crippen molar-refractivity contribution in [3.63, 3.8) is 0 Å². The molecule has 13 heteroatoms. The number of amides is 1. The van der Waals surface area contributed by atoms with Gasteiger partial charge in [-0.15, -0.1) is 4.40 Å². The average Bonchev–Trinajstić information content (AvgIpc) is 2.87. The molecular formula is C25H30F2N5O4PS. The van der Waals surface area contributed by atoms with Crippen LogP contribution in [-0.2, 0) is 14.8 Å². The SMILES string of the molecule is CCN(C)/C(=N/S(C)(=O)=O)c1ccc(N2CCC=C(N(/N=C/C(F)(F)P)c3ccc(OC)cc3)C2=O)cc1. The zero-order valence-electron chi connectivity index (χ0n) is 21.5. The number of hydrazone groups is 1. The second-order valence-electron chi connectivity index (χ2n) is 8.47. The van der Waals surface area contributed by atoms with Gasteiger partial charge >= 0.3 is 0 Å². The van der Waals surface area contributed by atoms with Crippen molar-refractivity contribution in [3.8, 4) is 5.75 Å². The zero-order chi connectivity index (χ0) is 28.1. The van der Waals surface area contributed by atoms with Gasteiger partial charge in [0, 0.05) is 31.4 Å². The number of alkyl halides is 2. The third-order valence-corrected chi connectivity index (χ3v) is 6.22. The predicted molar refractivity (Wildman–Crippen MR) is 150 cm³/mol. The van der Waals surface area contributed by atoms with Gasteiger partial charge in [-0.05, 0) is 61.9 Å². The van der Waals surface area contributed by atoms with Crippen LogP contribution in [0, 0.1) is 0 Å². The van der Waals surface area contributed by atoms with E-state index in [1.807, 2.05) is 6.92 Å². The summed E-state index contributed by atoms with van der Waals surface area (Å²) in [5, 5.41) is 5.10.